The molecule has 0 aliphatic heterocycles. The summed E-state index contributed by atoms with van der Waals surface area (Å²) in [6, 6.07) is 8.48. The fourth-order valence-corrected chi connectivity index (χ4v) is 2.83. The number of hydrogen-bond acceptors (Lipinski definition) is 4. The molecule has 0 aliphatic rings. The molecule has 2 heterocycles. The maximum absolute atomic E-state index is 5.68. The number of aromatic nitrogens is 1. The van der Waals surface area contributed by atoms with Crippen molar-refractivity contribution in [2.75, 3.05) is 0 Å². The zero-order chi connectivity index (χ0) is 12.8. The van der Waals surface area contributed by atoms with Crippen LogP contribution in [0.3, 0.4) is 0 Å². The van der Waals surface area contributed by atoms with Gasteiger partial charge in [0.25, 0.3) is 0 Å². The summed E-state index contributed by atoms with van der Waals surface area (Å²) in [4.78, 5) is 5.87. The lowest BCUT2D eigenvalue weighted by Crippen LogP contribution is -2.29. The summed E-state index contributed by atoms with van der Waals surface area (Å²) in [5, 5.41) is 2.11. The molecule has 3 N–H and O–H groups in total. The predicted molar refractivity (Wildman–Crippen MR) is 76.3 cm³/mol. The molecule has 0 fully saturated rings. The van der Waals surface area contributed by atoms with Gasteiger partial charge in [-0.2, -0.15) is 0 Å². The van der Waals surface area contributed by atoms with E-state index in [4.69, 9.17) is 5.84 Å². The summed E-state index contributed by atoms with van der Waals surface area (Å²) >= 11 is 1.79. The monoisotopic (exact) mass is 261 g/mol. The van der Waals surface area contributed by atoms with Crippen molar-refractivity contribution in [2.45, 2.75) is 32.2 Å². The second-order valence-electron chi connectivity index (χ2n) is 4.24. The standard InChI is InChI=1S/C14H19N3S/c1-2-11-5-3-9-16-14(11)13(17-15)8-7-12-6-4-10-18-12/h3-6,9-10,13,17H,2,7-8,15H2,1H3. The van der Waals surface area contributed by atoms with E-state index >= 15 is 0 Å². The minimum Gasteiger partial charge on any atom is -0.271 e. The van der Waals surface area contributed by atoms with Crippen LogP contribution >= 0.6 is 11.3 Å². The number of nitrogens with one attached hydrogen (secondary N) is 1. The summed E-state index contributed by atoms with van der Waals surface area (Å²) in [7, 11) is 0. The first-order valence-corrected chi connectivity index (χ1v) is 7.15. The number of nitrogens with zero attached hydrogens (tertiary/aromatic N) is 1. The number of hydrazine groups is 1. The molecule has 0 amide bonds. The Bertz CT molecular complexity index is 468. The van der Waals surface area contributed by atoms with Crippen molar-refractivity contribution < 1.29 is 0 Å². The van der Waals surface area contributed by atoms with Gasteiger partial charge in [-0.3, -0.25) is 16.3 Å². The van der Waals surface area contributed by atoms with E-state index in [-0.39, 0.29) is 6.04 Å². The van der Waals surface area contributed by atoms with Gasteiger partial charge >= 0.3 is 0 Å². The van der Waals surface area contributed by atoms with Crippen LogP contribution in [-0.2, 0) is 12.8 Å². The first-order chi connectivity index (χ1) is 8.85. The summed E-state index contributed by atoms with van der Waals surface area (Å²) in [5.41, 5.74) is 5.25. The van der Waals surface area contributed by atoms with E-state index in [2.05, 4.69) is 40.9 Å². The van der Waals surface area contributed by atoms with E-state index in [1.807, 2.05) is 12.3 Å². The van der Waals surface area contributed by atoms with Crippen molar-refractivity contribution in [3.8, 4) is 0 Å². The maximum Gasteiger partial charge on any atom is 0.0638 e. The molecular formula is C14H19N3S. The molecule has 1 unspecified atom stereocenters. The van der Waals surface area contributed by atoms with E-state index in [1.165, 1.54) is 10.4 Å². The Labute approximate surface area is 112 Å². The van der Waals surface area contributed by atoms with Crippen LogP contribution in [0.5, 0.6) is 0 Å². The van der Waals surface area contributed by atoms with Crippen LogP contribution in [0, 0.1) is 0 Å². The van der Waals surface area contributed by atoms with Gasteiger partial charge in [-0.05, 0) is 42.3 Å². The predicted octanol–water partition coefficient (Wildman–Crippen LogP) is 2.84. The van der Waals surface area contributed by atoms with Gasteiger partial charge in [-0.1, -0.05) is 19.1 Å². The molecule has 3 nitrogen and oxygen atoms in total. The molecule has 0 aliphatic carbocycles. The van der Waals surface area contributed by atoms with E-state index in [9.17, 15) is 0 Å². The fourth-order valence-electron chi connectivity index (χ4n) is 2.10. The SMILES string of the molecule is CCc1cccnc1C(CCc1cccs1)NN. The Hall–Kier alpha value is -1.23. The first kappa shape index (κ1) is 13.2. The van der Waals surface area contributed by atoms with Crippen LogP contribution in [-0.4, -0.2) is 4.98 Å². The van der Waals surface area contributed by atoms with E-state index in [0.29, 0.717) is 0 Å². The lowest BCUT2D eigenvalue weighted by atomic mass is 10.0. The molecule has 4 heteroatoms. The Balaban J connectivity index is 2.08. The van der Waals surface area contributed by atoms with Crippen LogP contribution in [0.2, 0.25) is 0 Å². The molecule has 0 saturated carbocycles. The van der Waals surface area contributed by atoms with Gasteiger partial charge in [0.05, 0.1) is 11.7 Å². The van der Waals surface area contributed by atoms with E-state index in [0.717, 1.165) is 25.0 Å². The zero-order valence-corrected chi connectivity index (χ0v) is 11.4. The topological polar surface area (TPSA) is 50.9 Å². The van der Waals surface area contributed by atoms with E-state index in [1.54, 1.807) is 11.3 Å². The van der Waals surface area contributed by atoms with Crippen molar-refractivity contribution >= 4 is 11.3 Å². The summed E-state index contributed by atoms with van der Waals surface area (Å²) < 4.78 is 0. The largest absolute Gasteiger partial charge is 0.271 e. The second kappa shape index (κ2) is 6.64. The number of hydrogen-bond donors (Lipinski definition) is 2. The quantitative estimate of drug-likeness (QED) is 0.621. The molecule has 0 aromatic carbocycles. The lowest BCUT2D eigenvalue weighted by molar-refractivity contribution is 0.502. The van der Waals surface area contributed by atoms with Crippen molar-refractivity contribution in [3.63, 3.8) is 0 Å². The summed E-state index contributed by atoms with van der Waals surface area (Å²) in [6.07, 6.45) is 4.83. The van der Waals surface area contributed by atoms with Gasteiger partial charge in [0.2, 0.25) is 0 Å². The van der Waals surface area contributed by atoms with Crippen molar-refractivity contribution in [1.82, 2.24) is 10.4 Å². The van der Waals surface area contributed by atoms with Gasteiger partial charge in [-0.25, -0.2) is 0 Å². The summed E-state index contributed by atoms with van der Waals surface area (Å²) in [5.74, 6) is 5.68. The molecule has 1 atom stereocenters. The van der Waals surface area contributed by atoms with Crippen molar-refractivity contribution in [3.05, 3.63) is 52.0 Å². The summed E-state index contributed by atoms with van der Waals surface area (Å²) in [6.45, 7) is 2.15. The van der Waals surface area contributed by atoms with Crippen LogP contribution in [0.1, 0.15) is 35.5 Å². The molecule has 0 radical (unpaired) electrons. The fraction of sp³-hybridized carbons (Fsp3) is 0.357. The first-order valence-electron chi connectivity index (χ1n) is 6.27. The number of pyridine rings is 1. The molecule has 96 valence electrons. The smallest absolute Gasteiger partial charge is 0.0638 e. The van der Waals surface area contributed by atoms with Crippen LogP contribution in [0.4, 0.5) is 0 Å². The van der Waals surface area contributed by atoms with Gasteiger partial charge in [-0.15, -0.1) is 11.3 Å². The minimum atomic E-state index is 0.128. The van der Waals surface area contributed by atoms with E-state index < -0.39 is 0 Å². The van der Waals surface area contributed by atoms with Gasteiger partial charge < -0.3 is 0 Å². The minimum absolute atomic E-state index is 0.128. The third-order valence-corrected chi connectivity index (χ3v) is 4.03. The number of aryl methyl sites for hydroxylation is 2. The Morgan fingerprint density at radius 1 is 1.39 bits per heavy atom. The Morgan fingerprint density at radius 2 is 2.28 bits per heavy atom. The molecule has 0 spiro atoms. The Morgan fingerprint density at radius 3 is 2.94 bits per heavy atom. The number of nitrogens with two attached hydrogens (primary N) is 1. The third kappa shape index (κ3) is 3.16. The normalized spacial score (nSPS) is 12.6. The lowest BCUT2D eigenvalue weighted by Gasteiger charge is -2.17. The van der Waals surface area contributed by atoms with Gasteiger partial charge in [0.15, 0.2) is 0 Å². The van der Waals surface area contributed by atoms with Crippen LogP contribution in [0.25, 0.3) is 0 Å². The molecule has 0 bridgehead atoms. The third-order valence-electron chi connectivity index (χ3n) is 3.10. The van der Waals surface area contributed by atoms with Crippen molar-refractivity contribution in [1.29, 1.82) is 0 Å². The van der Waals surface area contributed by atoms with Gasteiger partial charge in [0, 0.05) is 11.1 Å². The Kier molecular flexibility index (Phi) is 4.87. The molecule has 2 aromatic rings. The highest BCUT2D eigenvalue weighted by molar-refractivity contribution is 7.09. The van der Waals surface area contributed by atoms with Crippen LogP contribution < -0.4 is 11.3 Å². The zero-order valence-electron chi connectivity index (χ0n) is 10.6. The average Bonchev–Trinajstić information content (AvgIpc) is 2.93. The highest BCUT2D eigenvalue weighted by Crippen LogP contribution is 2.22. The number of rotatable bonds is 6. The molecule has 2 rings (SSSR count). The average molecular weight is 261 g/mol. The second-order valence-corrected chi connectivity index (χ2v) is 5.27. The maximum atomic E-state index is 5.68. The molecule has 0 saturated heterocycles. The van der Waals surface area contributed by atoms with Crippen LogP contribution in [0.15, 0.2) is 35.8 Å². The highest BCUT2D eigenvalue weighted by Gasteiger charge is 2.14. The molecule has 18 heavy (non-hydrogen) atoms. The molecule has 2 aromatic heterocycles. The highest BCUT2D eigenvalue weighted by atomic mass is 32.1. The number of thiophene rings is 1. The van der Waals surface area contributed by atoms with Gasteiger partial charge in [0.1, 0.15) is 0 Å². The van der Waals surface area contributed by atoms with Crippen molar-refractivity contribution in [2.24, 2.45) is 5.84 Å². The molecular weight excluding hydrogens is 242 g/mol.